The minimum absolute atomic E-state index is 0.249. The molecule has 0 aliphatic heterocycles. The summed E-state index contributed by atoms with van der Waals surface area (Å²) in [6, 6.07) is 5.08. The van der Waals surface area contributed by atoms with E-state index < -0.39 is 0 Å². The van der Waals surface area contributed by atoms with Crippen molar-refractivity contribution in [2.75, 3.05) is 5.32 Å². The van der Waals surface area contributed by atoms with Crippen LogP contribution >= 0.6 is 11.6 Å². The van der Waals surface area contributed by atoms with Gasteiger partial charge in [0.1, 0.15) is 5.82 Å². The molecular weight excluding hydrogens is 302 g/mol. The first-order valence-electron chi connectivity index (χ1n) is 6.69. The first-order valence-corrected chi connectivity index (χ1v) is 7.07. The summed E-state index contributed by atoms with van der Waals surface area (Å²) in [5.41, 5.74) is 2.74. The molecule has 0 aliphatic carbocycles. The summed E-state index contributed by atoms with van der Waals surface area (Å²) < 4.78 is 1.68. The first kappa shape index (κ1) is 14.5. The first-order chi connectivity index (χ1) is 10.5. The van der Waals surface area contributed by atoms with Crippen molar-refractivity contribution in [3.63, 3.8) is 0 Å². The Morgan fingerprint density at radius 1 is 1.32 bits per heavy atom. The number of halogens is 1. The Hall–Kier alpha value is -2.47. The lowest BCUT2D eigenvalue weighted by atomic mass is 10.1. The Bertz CT molecular complexity index is 870. The van der Waals surface area contributed by atoms with Gasteiger partial charge in [-0.3, -0.25) is 9.48 Å². The van der Waals surface area contributed by atoms with Gasteiger partial charge < -0.3 is 5.32 Å². The van der Waals surface area contributed by atoms with Gasteiger partial charge in [0.05, 0.1) is 21.7 Å². The number of fused-ring (bicyclic) bond motifs is 1. The highest BCUT2D eigenvalue weighted by Gasteiger charge is 2.18. The molecule has 0 unspecified atom stereocenters. The second-order valence-electron chi connectivity index (χ2n) is 5.03. The maximum absolute atomic E-state index is 12.6. The fraction of sp³-hybridized carbons (Fsp3) is 0.200. The number of rotatable bonds is 2. The molecule has 0 saturated heterocycles. The molecule has 1 N–H and O–H groups in total. The van der Waals surface area contributed by atoms with E-state index in [0.29, 0.717) is 22.1 Å². The lowest BCUT2D eigenvalue weighted by Crippen LogP contribution is -2.14. The number of aryl methyl sites for hydroxylation is 3. The molecule has 22 heavy (non-hydrogen) atoms. The fourth-order valence-electron chi connectivity index (χ4n) is 2.38. The van der Waals surface area contributed by atoms with E-state index in [1.807, 2.05) is 20.9 Å². The summed E-state index contributed by atoms with van der Waals surface area (Å²) in [6.07, 6.45) is 1.49. The summed E-state index contributed by atoms with van der Waals surface area (Å²) in [5.74, 6) is 0.194. The Kier molecular flexibility index (Phi) is 3.54. The highest BCUT2D eigenvalue weighted by molar-refractivity contribution is 6.30. The molecule has 0 aromatic carbocycles. The molecular formula is C15H14ClN5O. The number of nitrogens with one attached hydrogen (secondary N) is 1. The van der Waals surface area contributed by atoms with Crippen LogP contribution < -0.4 is 5.32 Å². The number of hydrogen-bond donors (Lipinski definition) is 1. The minimum Gasteiger partial charge on any atom is -0.307 e. The normalized spacial score (nSPS) is 10.9. The average molecular weight is 316 g/mol. The van der Waals surface area contributed by atoms with Crippen molar-refractivity contribution in [2.24, 2.45) is 7.05 Å². The molecule has 0 atom stereocenters. The highest BCUT2D eigenvalue weighted by atomic mass is 35.5. The SMILES string of the molecule is Cc1cc(C(=O)Nc2ccc(Cl)cn2)c2c(C)nn(C)c2n1. The van der Waals surface area contributed by atoms with Gasteiger partial charge in [-0.1, -0.05) is 11.6 Å². The van der Waals surface area contributed by atoms with E-state index in [1.165, 1.54) is 6.20 Å². The molecule has 3 aromatic heterocycles. The quantitative estimate of drug-likeness (QED) is 0.789. The molecule has 1 amide bonds. The van der Waals surface area contributed by atoms with Crippen molar-refractivity contribution in [1.82, 2.24) is 19.7 Å². The zero-order chi connectivity index (χ0) is 15.9. The Morgan fingerprint density at radius 3 is 2.77 bits per heavy atom. The van der Waals surface area contributed by atoms with Crippen molar-refractivity contribution >= 4 is 34.4 Å². The molecule has 7 heteroatoms. The molecule has 0 bridgehead atoms. The Morgan fingerprint density at radius 2 is 2.09 bits per heavy atom. The van der Waals surface area contributed by atoms with E-state index in [1.54, 1.807) is 22.9 Å². The molecule has 3 heterocycles. The zero-order valence-corrected chi connectivity index (χ0v) is 13.1. The minimum atomic E-state index is -0.249. The summed E-state index contributed by atoms with van der Waals surface area (Å²) >= 11 is 5.79. The molecule has 6 nitrogen and oxygen atoms in total. The van der Waals surface area contributed by atoms with Gasteiger partial charge in [0, 0.05) is 18.9 Å². The van der Waals surface area contributed by atoms with Crippen LogP contribution in [0.1, 0.15) is 21.7 Å². The van der Waals surface area contributed by atoms with Gasteiger partial charge >= 0.3 is 0 Å². The maximum atomic E-state index is 12.6. The van der Waals surface area contributed by atoms with E-state index in [4.69, 9.17) is 11.6 Å². The van der Waals surface area contributed by atoms with Crippen molar-refractivity contribution in [3.05, 3.63) is 46.4 Å². The second-order valence-corrected chi connectivity index (χ2v) is 5.47. The van der Waals surface area contributed by atoms with Crippen molar-refractivity contribution in [1.29, 1.82) is 0 Å². The van der Waals surface area contributed by atoms with Crippen LogP contribution in [-0.4, -0.2) is 25.7 Å². The Labute approximate surface area is 132 Å². The van der Waals surface area contributed by atoms with Crippen LogP contribution in [0.4, 0.5) is 5.82 Å². The van der Waals surface area contributed by atoms with E-state index in [0.717, 1.165) is 16.8 Å². The van der Waals surface area contributed by atoms with Gasteiger partial charge in [-0.15, -0.1) is 0 Å². The number of carbonyl (C=O) groups is 1. The van der Waals surface area contributed by atoms with Crippen LogP contribution in [0.25, 0.3) is 11.0 Å². The van der Waals surface area contributed by atoms with E-state index >= 15 is 0 Å². The predicted molar refractivity (Wildman–Crippen MR) is 85.2 cm³/mol. The van der Waals surface area contributed by atoms with Gasteiger partial charge in [-0.25, -0.2) is 9.97 Å². The predicted octanol–water partition coefficient (Wildman–Crippen LogP) is 2.89. The van der Waals surface area contributed by atoms with Crippen molar-refractivity contribution in [3.8, 4) is 0 Å². The van der Waals surface area contributed by atoms with Crippen molar-refractivity contribution < 1.29 is 4.79 Å². The second kappa shape index (κ2) is 5.38. The molecule has 0 aliphatic rings. The van der Waals surface area contributed by atoms with Crippen LogP contribution in [0.5, 0.6) is 0 Å². The highest BCUT2D eigenvalue weighted by Crippen LogP contribution is 2.22. The number of hydrogen-bond acceptors (Lipinski definition) is 4. The van der Waals surface area contributed by atoms with Crippen LogP contribution in [0.2, 0.25) is 5.02 Å². The fourth-order valence-corrected chi connectivity index (χ4v) is 2.49. The third kappa shape index (κ3) is 2.53. The molecule has 0 spiro atoms. The van der Waals surface area contributed by atoms with Gasteiger partial charge in [0.25, 0.3) is 5.91 Å². The number of amides is 1. The van der Waals surface area contributed by atoms with Crippen LogP contribution in [0.3, 0.4) is 0 Å². The number of carbonyl (C=O) groups excluding carboxylic acids is 1. The van der Waals surface area contributed by atoms with Crippen LogP contribution in [0.15, 0.2) is 24.4 Å². The number of aromatic nitrogens is 4. The van der Waals surface area contributed by atoms with E-state index in [2.05, 4.69) is 20.4 Å². The molecule has 3 rings (SSSR count). The molecule has 3 aromatic rings. The average Bonchev–Trinajstić information content (AvgIpc) is 2.75. The molecule has 0 saturated carbocycles. The third-order valence-corrected chi connectivity index (χ3v) is 3.53. The molecule has 0 fully saturated rings. The summed E-state index contributed by atoms with van der Waals surface area (Å²) in [4.78, 5) is 21.1. The number of nitrogens with zero attached hydrogens (tertiary/aromatic N) is 4. The zero-order valence-electron chi connectivity index (χ0n) is 12.4. The summed E-state index contributed by atoms with van der Waals surface area (Å²) in [5, 5.41) is 8.37. The summed E-state index contributed by atoms with van der Waals surface area (Å²) in [7, 11) is 1.81. The monoisotopic (exact) mass is 315 g/mol. The topological polar surface area (TPSA) is 72.7 Å². The third-order valence-electron chi connectivity index (χ3n) is 3.31. The van der Waals surface area contributed by atoms with Gasteiger partial charge in [0.15, 0.2) is 5.65 Å². The Balaban J connectivity index is 2.05. The largest absolute Gasteiger partial charge is 0.307 e. The molecule has 112 valence electrons. The molecule has 0 radical (unpaired) electrons. The van der Waals surface area contributed by atoms with Crippen molar-refractivity contribution in [2.45, 2.75) is 13.8 Å². The lowest BCUT2D eigenvalue weighted by molar-refractivity contribution is 0.102. The summed E-state index contributed by atoms with van der Waals surface area (Å²) in [6.45, 7) is 3.70. The van der Waals surface area contributed by atoms with Gasteiger partial charge in [0.2, 0.25) is 0 Å². The standard InChI is InChI=1S/C15H14ClN5O/c1-8-6-11(13-9(2)20-21(3)14(13)18-8)15(22)19-12-5-4-10(16)7-17-12/h4-7H,1-3H3,(H,17,19,22). The number of pyridine rings is 2. The van der Waals surface area contributed by atoms with E-state index in [9.17, 15) is 4.79 Å². The lowest BCUT2D eigenvalue weighted by Gasteiger charge is -2.07. The van der Waals surface area contributed by atoms with E-state index in [-0.39, 0.29) is 5.91 Å². The van der Waals surface area contributed by atoms with Gasteiger partial charge in [-0.05, 0) is 32.0 Å². The number of anilines is 1. The maximum Gasteiger partial charge on any atom is 0.257 e. The van der Waals surface area contributed by atoms with Crippen LogP contribution in [0, 0.1) is 13.8 Å². The van der Waals surface area contributed by atoms with Gasteiger partial charge in [-0.2, -0.15) is 5.10 Å². The van der Waals surface area contributed by atoms with Crippen LogP contribution in [-0.2, 0) is 7.05 Å². The smallest absolute Gasteiger partial charge is 0.257 e.